The van der Waals surface area contributed by atoms with Crippen LogP contribution in [0.1, 0.15) is 28.5 Å². The Hall–Kier alpha value is -3.71. The lowest BCUT2D eigenvalue weighted by Crippen LogP contribution is -2.61. The summed E-state index contributed by atoms with van der Waals surface area (Å²) in [4.78, 5) is 24.7. The minimum absolute atomic E-state index is 0.0281. The molecule has 1 aliphatic rings. The number of halogens is 3. The monoisotopic (exact) mass is 506 g/mol. The van der Waals surface area contributed by atoms with Crippen LogP contribution in [0.5, 0.6) is 0 Å². The van der Waals surface area contributed by atoms with Gasteiger partial charge in [0.05, 0.1) is 34.9 Å². The predicted molar refractivity (Wildman–Crippen MR) is 124 cm³/mol. The molecule has 3 aromatic rings. The summed E-state index contributed by atoms with van der Waals surface area (Å²) < 4.78 is 48.1. The summed E-state index contributed by atoms with van der Waals surface area (Å²) in [5, 5.41) is 21.1. The first-order valence-corrected chi connectivity index (χ1v) is 11.6. The Morgan fingerprint density at radius 2 is 1.77 bits per heavy atom. The molecule has 13 heteroatoms. The molecule has 1 fully saturated rings. The van der Waals surface area contributed by atoms with E-state index >= 15 is 0 Å². The van der Waals surface area contributed by atoms with Crippen molar-refractivity contribution < 1.29 is 27.3 Å². The van der Waals surface area contributed by atoms with Crippen LogP contribution >= 0.6 is 0 Å². The molecule has 1 aliphatic heterocycles. The minimum Gasteiger partial charge on any atom is -0.366 e. The van der Waals surface area contributed by atoms with Gasteiger partial charge in [0.15, 0.2) is 12.7 Å². The lowest BCUT2D eigenvalue weighted by molar-refractivity contribution is 0.0917. The molecule has 1 aromatic carbocycles. The third kappa shape index (κ3) is 6.67. The molecule has 0 radical (unpaired) electrons. The molecule has 0 bridgehead atoms. The highest BCUT2D eigenvalue weighted by atomic mass is 32.2. The third-order valence-electron chi connectivity index (χ3n) is 4.74. The number of benzene rings is 1. The number of aliphatic hydroxyl groups excluding tert-OH is 1. The largest absolute Gasteiger partial charge is 0.366 e. The molecule has 0 aliphatic carbocycles. The average Bonchev–Trinajstić information content (AvgIpc) is 2.79. The number of hydrogen-bond acceptors (Lipinski definition) is 8. The van der Waals surface area contributed by atoms with Crippen LogP contribution in [0.3, 0.4) is 0 Å². The Kier molecular flexibility index (Phi) is 8.25. The van der Waals surface area contributed by atoms with Crippen LogP contribution < -0.4 is 10.6 Å². The van der Waals surface area contributed by atoms with Gasteiger partial charge in [0, 0.05) is 34.1 Å². The van der Waals surface area contributed by atoms with E-state index in [2.05, 4.69) is 25.6 Å². The van der Waals surface area contributed by atoms with Crippen molar-refractivity contribution in [2.45, 2.75) is 12.5 Å². The van der Waals surface area contributed by atoms with Crippen LogP contribution in [-0.2, 0) is 10.8 Å². The van der Waals surface area contributed by atoms with Crippen molar-refractivity contribution >= 4 is 34.1 Å². The van der Waals surface area contributed by atoms with Crippen LogP contribution in [-0.4, -0.2) is 59.8 Å². The molecule has 0 unspecified atom stereocenters. The van der Waals surface area contributed by atoms with E-state index in [1.54, 1.807) is 13.0 Å². The molecule has 4 rings (SSSR count). The highest BCUT2D eigenvalue weighted by molar-refractivity contribution is 7.86. The highest BCUT2D eigenvalue weighted by Gasteiger charge is 2.39. The molecule has 9 nitrogen and oxygen atoms in total. The molecule has 1 saturated heterocycles. The number of carbonyl (C=O) groups excluding carboxylic acids is 1. The summed E-state index contributed by atoms with van der Waals surface area (Å²) in [6, 6.07) is 6.94. The van der Waals surface area contributed by atoms with Gasteiger partial charge in [-0.3, -0.25) is 19.4 Å². The summed E-state index contributed by atoms with van der Waals surface area (Å²) in [7, 11) is -0.949. The normalized spacial score (nSPS) is 18.5. The van der Waals surface area contributed by atoms with Gasteiger partial charge in [0.25, 0.3) is 5.91 Å². The quantitative estimate of drug-likeness (QED) is 0.377. The Morgan fingerprint density at radius 3 is 2.37 bits per heavy atom. The van der Waals surface area contributed by atoms with Crippen molar-refractivity contribution in [1.82, 2.24) is 20.3 Å². The third-order valence-corrected chi connectivity index (χ3v) is 6.66. The van der Waals surface area contributed by atoms with Gasteiger partial charge in [0.1, 0.15) is 11.5 Å². The van der Waals surface area contributed by atoms with E-state index in [9.17, 15) is 22.2 Å². The number of alkyl halides is 1. The van der Waals surface area contributed by atoms with Crippen LogP contribution in [0.2, 0.25) is 0 Å². The van der Waals surface area contributed by atoms with Gasteiger partial charge >= 0.3 is 0 Å². The number of aliphatic hydroxyl groups is 1. The molecular formula is C22H21F3N6O3S. The number of aromatic nitrogens is 3. The maximum absolute atomic E-state index is 13.7. The van der Waals surface area contributed by atoms with Gasteiger partial charge in [0.2, 0.25) is 5.95 Å². The second-order valence-electron chi connectivity index (χ2n) is 7.72. The van der Waals surface area contributed by atoms with Crippen molar-refractivity contribution in [3.05, 3.63) is 77.4 Å². The summed E-state index contributed by atoms with van der Waals surface area (Å²) in [5.41, 5.74) is 0.133. The standard InChI is InChI=1S/C21H18F2N6O2S.CH3FO/c1-21(10-32(31)11-21)29-19(30)13-6-16(28-20-26-8-15(23)9-27-20)18(25-7-13)17(24)12-3-2-4-14(22)5-12;2-1-3/h2-9,24H,10-11H2,1H3,(H,29,30)(H,26,27,28);3H,1H2. The van der Waals surface area contributed by atoms with Gasteiger partial charge in [-0.15, -0.1) is 0 Å². The summed E-state index contributed by atoms with van der Waals surface area (Å²) in [6.07, 6.45) is 3.23. The number of nitrogens with zero attached hydrogens (tertiary/aromatic N) is 3. The highest BCUT2D eigenvalue weighted by Crippen LogP contribution is 2.24. The smallest absolute Gasteiger partial charge is 0.253 e. The molecule has 4 N–H and O–H groups in total. The Labute approximate surface area is 200 Å². The van der Waals surface area contributed by atoms with E-state index in [4.69, 9.17) is 10.5 Å². The first-order valence-electron chi connectivity index (χ1n) is 10.1. The van der Waals surface area contributed by atoms with E-state index in [1.165, 1.54) is 30.5 Å². The summed E-state index contributed by atoms with van der Waals surface area (Å²) in [6.45, 7) is 0.555. The lowest BCUT2D eigenvalue weighted by atomic mass is 10.0. The number of hydrogen-bond donors (Lipinski definition) is 4. The molecule has 2 aromatic heterocycles. The number of amides is 1. The van der Waals surface area contributed by atoms with Crippen LogP contribution in [0.15, 0.2) is 48.9 Å². The molecule has 3 heterocycles. The summed E-state index contributed by atoms with van der Waals surface area (Å²) >= 11 is 0. The lowest BCUT2D eigenvalue weighted by Gasteiger charge is -2.37. The van der Waals surface area contributed by atoms with E-state index < -0.39 is 40.7 Å². The molecular weight excluding hydrogens is 485 g/mol. The van der Waals surface area contributed by atoms with Gasteiger partial charge < -0.3 is 15.7 Å². The van der Waals surface area contributed by atoms with Crippen LogP contribution in [0, 0.1) is 17.0 Å². The van der Waals surface area contributed by atoms with Gasteiger partial charge in [-0.25, -0.2) is 23.1 Å². The zero-order valence-corrected chi connectivity index (χ0v) is 19.2. The molecule has 184 valence electrons. The van der Waals surface area contributed by atoms with Crippen molar-refractivity contribution in [2.75, 3.05) is 23.7 Å². The number of carbonyl (C=O) groups is 1. The molecule has 0 spiro atoms. The van der Waals surface area contributed by atoms with Gasteiger partial charge in [-0.05, 0) is 25.1 Å². The fraction of sp³-hybridized carbons (Fsp3) is 0.227. The maximum Gasteiger partial charge on any atom is 0.253 e. The number of nitrogens with one attached hydrogen (secondary N) is 3. The summed E-state index contributed by atoms with van der Waals surface area (Å²) in [5.74, 6) is -0.804. The number of anilines is 2. The Bertz CT molecular complexity index is 1250. The number of pyridine rings is 1. The zero-order chi connectivity index (χ0) is 25.6. The van der Waals surface area contributed by atoms with Crippen LogP contribution in [0.25, 0.3) is 0 Å². The fourth-order valence-electron chi connectivity index (χ4n) is 3.25. The van der Waals surface area contributed by atoms with E-state index in [0.29, 0.717) is 11.5 Å². The van der Waals surface area contributed by atoms with Crippen molar-refractivity contribution in [3.8, 4) is 0 Å². The van der Waals surface area contributed by atoms with E-state index in [0.717, 1.165) is 12.4 Å². The minimum atomic E-state index is -1.25. The molecule has 1 amide bonds. The van der Waals surface area contributed by atoms with Crippen molar-refractivity contribution in [3.63, 3.8) is 0 Å². The van der Waals surface area contributed by atoms with E-state index in [1.807, 2.05) is 0 Å². The van der Waals surface area contributed by atoms with Crippen LogP contribution in [0.4, 0.5) is 24.8 Å². The van der Waals surface area contributed by atoms with Crippen molar-refractivity contribution in [1.29, 1.82) is 5.41 Å². The second kappa shape index (κ2) is 11.1. The fourth-order valence-corrected chi connectivity index (χ4v) is 4.73. The number of rotatable bonds is 6. The zero-order valence-electron chi connectivity index (χ0n) is 18.4. The molecule has 35 heavy (non-hydrogen) atoms. The van der Waals surface area contributed by atoms with Gasteiger partial charge in [-0.2, -0.15) is 0 Å². The Morgan fingerprint density at radius 1 is 1.11 bits per heavy atom. The molecule has 0 atom stereocenters. The maximum atomic E-state index is 13.7. The Balaban J connectivity index is 0.00000108. The van der Waals surface area contributed by atoms with E-state index in [-0.39, 0.29) is 34.2 Å². The van der Waals surface area contributed by atoms with Crippen molar-refractivity contribution in [2.24, 2.45) is 0 Å². The predicted octanol–water partition coefficient (Wildman–Crippen LogP) is 2.47. The topological polar surface area (TPSA) is 141 Å². The second-order valence-corrected chi connectivity index (χ2v) is 9.18. The average molecular weight is 507 g/mol. The molecule has 0 saturated carbocycles. The SMILES string of the molecule is CC1(NC(=O)c2cnc(C(=N)c3cccc(F)c3)c(Nc3ncc(F)cn3)c2)CS(=O)C1.OCF. The van der Waals surface area contributed by atoms with Gasteiger partial charge in [-0.1, -0.05) is 12.1 Å². The first-order chi connectivity index (χ1) is 16.6. The first kappa shape index (κ1) is 25.9.